The van der Waals surface area contributed by atoms with E-state index in [1.165, 1.54) is 0 Å². The maximum Gasteiger partial charge on any atom is 0.361 e. The van der Waals surface area contributed by atoms with Crippen molar-refractivity contribution in [2.24, 2.45) is 5.18 Å². The number of carboxylic acid groups (broad SMARTS) is 1. The van der Waals surface area contributed by atoms with Crippen LogP contribution in [0.25, 0.3) is 0 Å². The molecule has 9 nitrogen and oxygen atoms in total. The predicted molar refractivity (Wildman–Crippen MR) is 62.8 cm³/mol. The summed E-state index contributed by atoms with van der Waals surface area (Å²) in [6, 6.07) is 0. The van der Waals surface area contributed by atoms with Crippen LogP contribution in [0.1, 0.15) is 21.0 Å². The summed E-state index contributed by atoms with van der Waals surface area (Å²) >= 11 is 0. The zero-order chi connectivity index (χ0) is 16.0. The summed E-state index contributed by atoms with van der Waals surface area (Å²) in [6.45, 7) is -1.37. The van der Waals surface area contributed by atoms with Gasteiger partial charge >= 0.3 is 11.9 Å². The molecule has 0 saturated carbocycles. The first-order chi connectivity index (χ1) is 9.92. The van der Waals surface area contributed by atoms with Gasteiger partial charge in [-0.05, 0) is 5.18 Å². The van der Waals surface area contributed by atoms with Gasteiger partial charge in [-0.25, -0.2) is 18.4 Å². The van der Waals surface area contributed by atoms with E-state index in [-0.39, 0.29) is 13.2 Å². The van der Waals surface area contributed by atoms with Gasteiger partial charge in [-0.3, -0.25) is 4.68 Å². The third-order valence-corrected chi connectivity index (χ3v) is 2.29. The Labute approximate surface area is 116 Å². The second kappa shape index (κ2) is 7.38. The molecule has 1 aromatic heterocycles. The van der Waals surface area contributed by atoms with E-state index in [9.17, 15) is 23.3 Å². The zero-order valence-electron chi connectivity index (χ0n) is 10.8. The highest BCUT2D eigenvalue weighted by Gasteiger charge is 2.28. The van der Waals surface area contributed by atoms with Crippen molar-refractivity contribution < 1.29 is 33.0 Å². The van der Waals surface area contributed by atoms with Gasteiger partial charge in [0, 0.05) is 0 Å². The van der Waals surface area contributed by atoms with Crippen LogP contribution in [0.4, 0.5) is 14.5 Å². The molecule has 0 spiro atoms. The van der Waals surface area contributed by atoms with Crippen molar-refractivity contribution in [2.75, 3.05) is 20.3 Å². The number of carbonyl (C=O) groups is 2. The fourth-order valence-electron chi connectivity index (χ4n) is 1.47. The number of nitrogens with zero attached hydrogens (tertiary/aromatic N) is 3. The van der Waals surface area contributed by atoms with Crippen LogP contribution in [0.15, 0.2) is 5.18 Å². The molecule has 1 N–H and O–H groups in total. The van der Waals surface area contributed by atoms with Crippen LogP contribution in [-0.4, -0.2) is 53.6 Å². The van der Waals surface area contributed by atoms with E-state index in [1.807, 2.05) is 0 Å². The summed E-state index contributed by atoms with van der Waals surface area (Å²) in [5, 5.41) is 15.1. The Bertz CT molecular complexity index is 545. The first-order valence-corrected chi connectivity index (χ1v) is 5.54. The van der Waals surface area contributed by atoms with E-state index in [0.29, 0.717) is 0 Å². The number of nitroso groups, excluding NO2 is 1. The Morgan fingerprint density at radius 3 is 2.62 bits per heavy atom. The van der Waals surface area contributed by atoms with E-state index in [2.05, 4.69) is 19.7 Å². The molecular weight excluding hydrogens is 296 g/mol. The standard InChI is InChI=1S/C10H11F2N3O6/c1-20-10(18)7-6(14-19)8(9(16)17)15(13-7)2-3-21-4-5(11)12/h5H,2-4H2,1H3,(H,16,17). The smallest absolute Gasteiger partial charge is 0.361 e. The van der Waals surface area contributed by atoms with Gasteiger partial charge in [0.1, 0.15) is 6.61 Å². The number of hydrogen-bond acceptors (Lipinski definition) is 7. The summed E-state index contributed by atoms with van der Waals surface area (Å²) in [4.78, 5) is 33.2. The summed E-state index contributed by atoms with van der Waals surface area (Å²) < 4.78 is 33.4. The lowest BCUT2D eigenvalue weighted by Gasteiger charge is -2.05. The van der Waals surface area contributed by atoms with Crippen LogP contribution >= 0.6 is 0 Å². The number of halogens is 2. The molecule has 1 aromatic rings. The van der Waals surface area contributed by atoms with Crippen molar-refractivity contribution in [2.45, 2.75) is 13.0 Å². The Morgan fingerprint density at radius 1 is 1.48 bits per heavy atom. The number of aromatic nitrogens is 2. The van der Waals surface area contributed by atoms with Crippen LogP contribution < -0.4 is 0 Å². The molecule has 0 fully saturated rings. The molecule has 0 aliphatic heterocycles. The topological polar surface area (TPSA) is 120 Å². The van der Waals surface area contributed by atoms with Gasteiger partial charge in [-0.15, -0.1) is 4.91 Å². The van der Waals surface area contributed by atoms with Crippen LogP contribution in [0.3, 0.4) is 0 Å². The van der Waals surface area contributed by atoms with Crippen LogP contribution in [-0.2, 0) is 16.0 Å². The lowest BCUT2D eigenvalue weighted by molar-refractivity contribution is 0.0135. The second-order valence-electron chi connectivity index (χ2n) is 3.62. The highest BCUT2D eigenvalue weighted by atomic mass is 19.3. The lowest BCUT2D eigenvalue weighted by Crippen LogP contribution is -2.16. The fraction of sp³-hybridized carbons (Fsp3) is 0.500. The first kappa shape index (κ1) is 16.6. The first-order valence-electron chi connectivity index (χ1n) is 5.54. The lowest BCUT2D eigenvalue weighted by atomic mass is 10.3. The number of alkyl halides is 2. The van der Waals surface area contributed by atoms with Crippen molar-refractivity contribution in [3.8, 4) is 0 Å². The van der Waals surface area contributed by atoms with Gasteiger partial charge in [0.2, 0.25) is 0 Å². The van der Waals surface area contributed by atoms with E-state index < -0.39 is 42.0 Å². The minimum Gasteiger partial charge on any atom is -0.476 e. The molecule has 0 amide bonds. The molecule has 0 atom stereocenters. The van der Waals surface area contributed by atoms with Crippen molar-refractivity contribution in [1.82, 2.24) is 9.78 Å². The third-order valence-electron chi connectivity index (χ3n) is 2.29. The minimum atomic E-state index is -2.67. The van der Waals surface area contributed by atoms with Gasteiger partial charge < -0.3 is 14.6 Å². The van der Waals surface area contributed by atoms with Crippen LogP contribution in [0.5, 0.6) is 0 Å². The predicted octanol–water partition coefficient (Wildman–Crippen LogP) is 1.05. The summed E-state index contributed by atoms with van der Waals surface area (Å²) in [6.07, 6.45) is -2.67. The van der Waals surface area contributed by atoms with Crippen molar-refractivity contribution in [3.63, 3.8) is 0 Å². The van der Waals surface area contributed by atoms with Gasteiger partial charge in [-0.1, -0.05) is 0 Å². The summed E-state index contributed by atoms with van der Waals surface area (Å²) in [5.74, 6) is -2.60. The Morgan fingerprint density at radius 2 is 2.14 bits per heavy atom. The van der Waals surface area contributed by atoms with Gasteiger partial charge in [0.05, 0.1) is 20.3 Å². The number of carbonyl (C=O) groups excluding carboxylic acids is 1. The molecule has 1 rings (SSSR count). The third kappa shape index (κ3) is 4.02. The molecule has 1 heterocycles. The fourth-order valence-corrected chi connectivity index (χ4v) is 1.47. The van der Waals surface area contributed by atoms with Gasteiger partial charge in [-0.2, -0.15) is 5.10 Å². The zero-order valence-corrected chi connectivity index (χ0v) is 10.8. The largest absolute Gasteiger partial charge is 0.476 e. The molecule has 0 bridgehead atoms. The van der Waals surface area contributed by atoms with Crippen molar-refractivity contribution in [1.29, 1.82) is 0 Å². The highest BCUT2D eigenvalue weighted by Crippen LogP contribution is 2.25. The molecule has 0 aliphatic carbocycles. The van der Waals surface area contributed by atoms with Gasteiger partial charge in [0.25, 0.3) is 6.43 Å². The van der Waals surface area contributed by atoms with E-state index >= 15 is 0 Å². The Balaban J connectivity index is 3.01. The molecule has 0 aromatic carbocycles. The number of esters is 1. The normalized spacial score (nSPS) is 10.7. The molecule has 0 radical (unpaired) electrons. The highest BCUT2D eigenvalue weighted by molar-refractivity contribution is 6.00. The maximum atomic E-state index is 11.9. The SMILES string of the molecule is COC(=O)c1nn(CCOCC(F)F)c(C(=O)O)c1N=O. The van der Waals surface area contributed by atoms with E-state index in [1.54, 1.807) is 0 Å². The number of aromatic carboxylic acids is 1. The number of methoxy groups -OCH3 is 1. The number of carboxylic acids is 1. The molecule has 21 heavy (non-hydrogen) atoms. The molecule has 0 aliphatic rings. The molecular formula is C10H11F2N3O6. The van der Waals surface area contributed by atoms with E-state index in [4.69, 9.17) is 5.11 Å². The Kier molecular flexibility index (Phi) is 5.84. The number of rotatable bonds is 8. The van der Waals surface area contributed by atoms with Crippen LogP contribution in [0, 0.1) is 4.91 Å². The van der Waals surface area contributed by atoms with Crippen LogP contribution in [0.2, 0.25) is 0 Å². The summed E-state index contributed by atoms with van der Waals surface area (Å²) in [7, 11) is 1.02. The minimum absolute atomic E-state index is 0.256. The number of hydrogen-bond donors (Lipinski definition) is 1. The Hall–Kier alpha value is -2.43. The quantitative estimate of drug-likeness (QED) is 0.433. The molecule has 0 unspecified atom stereocenters. The molecule has 0 saturated heterocycles. The monoisotopic (exact) mass is 307 g/mol. The maximum absolute atomic E-state index is 11.9. The second-order valence-corrected chi connectivity index (χ2v) is 3.62. The number of ether oxygens (including phenoxy) is 2. The molecule has 116 valence electrons. The average Bonchev–Trinajstić information content (AvgIpc) is 2.81. The summed E-state index contributed by atoms with van der Waals surface area (Å²) in [5.41, 5.74) is -1.91. The van der Waals surface area contributed by atoms with Gasteiger partial charge in [0.15, 0.2) is 17.1 Å². The van der Waals surface area contributed by atoms with Crippen molar-refractivity contribution >= 4 is 17.6 Å². The molecule has 11 heteroatoms. The van der Waals surface area contributed by atoms with E-state index in [0.717, 1.165) is 11.8 Å². The average molecular weight is 307 g/mol. The van der Waals surface area contributed by atoms with Crippen molar-refractivity contribution in [3.05, 3.63) is 16.3 Å².